The molecule has 0 saturated heterocycles. The molecule has 4 aromatic rings. The SMILES string of the molecule is Cc1c([C@H](Nc2cc(Cl)c3ncc(C#N)c(NCC(C)(C)C)c3c2)c2cn(C3(C(F)F)CC3)nn2)cccc1N1C=NNN1. The van der Waals surface area contributed by atoms with Crippen LogP contribution in [-0.4, -0.2) is 39.3 Å². The van der Waals surface area contributed by atoms with Crippen LogP contribution in [0.5, 0.6) is 0 Å². The van der Waals surface area contributed by atoms with Gasteiger partial charge in [0.05, 0.1) is 39.7 Å². The molecule has 44 heavy (non-hydrogen) atoms. The number of fused-ring (bicyclic) bond motifs is 1. The van der Waals surface area contributed by atoms with Gasteiger partial charge in [-0.3, -0.25) is 4.98 Å². The largest absolute Gasteiger partial charge is 0.383 e. The average Bonchev–Trinajstić information content (AvgIpc) is 3.36. The summed E-state index contributed by atoms with van der Waals surface area (Å²) < 4.78 is 29.2. The molecule has 1 fully saturated rings. The zero-order valence-electron chi connectivity index (χ0n) is 24.7. The fourth-order valence-corrected chi connectivity index (χ4v) is 5.55. The third-order valence-corrected chi connectivity index (χ3v) is 8.20. The highest BCUT2D eigenvalue weighted by Crippen LogP contribution is 2.48. The number of aromatic nitrogens is 4. The summed E-state index contributed by atoms with van der Waals surface area (Å²) in [6.07, 6.45) is 2.84. The van der Waals surface area contributed by atoms with Gasteiger partial charge in [-0.05, 0) is 54.5 Å². The molecule has 6 rings (SSSR count). The van der Waals surface area contributed by atoms with Crippen molar-refractivity contribution in [3.05, 3.63) is 70.1 Å². The van der Waals surface area contributed by atoms with E-state index in [9.17, 15) is 14.0 Å². The van der Waals surface area contributed by atoms with Crippen LogP contribution in [0.3, 0.4) is 0 Å². The van der Waals surface area contributed by atoms with E-state index >= 15 is 0 Å². The highest BCUT2D eigenvalue weighted by atomic mass is 35.5. The predicted molar refractivity (Wildman–Crippen MR) is 167 cm³/mol. The van der Waals surface area contributed by atoms with Crippen LogP contribution in [0, 0.1) is 23.7 Å². The van der Waals surface area contributed by atoms with Gasteiger partial charge in [0.15, 0.2) is 0 Å². The predicted octanol–water partition coefficient (Wildman–Crippen LogP) is 5.85. The Kier molecular flexibility index (Phi) is 7.51. The fraction of sp³-hybridized carbons (Fsp3) is 0.367. The molecule has 11 nitrogen and oxygen atoms in total. The van der Waals surface area contributed by atoms with Crippen molar-refractivity contribution < 1.29 is 8.78 Å². The molecular formula is C30H32ClF2N11. The molecule has 0 amide bonds. The van der Waals surface area contributed by atoms with Crippen molar-refractivity contribution >= 4 is 45.9 Å². The number of hydrazone groups is 1. The quantitative estimate of drug-likeness (QED) is 0.182. The highest BCUT2D eigenvalue weighted by Gasteiger charge is 2.54. The second kappa shape index (κ2) is 11.2. The first-order valence-corrected chi connectivity index (χ1v) is 14.5. The summed E-state index contributed by atoms with van der Waals surface area (Å²) in [5.74, 6) is 0. The number of benzene rings is 2. The molecule has 1 aliphatic heterocycles. The number of hydrazine groups is 2. The van der Waals surface area contributed by atoms with E-state index in [1.807, 2.05) is 31.2 Å². The Morgan fingerprint density at radius 2 is 2.02 bits per heavy atom. The second-order valence-electron chi connectivity index (χ2n) is 12.3. The van der Waals surface area contributed by atoms with Crippen LogP contribution in [0.15, 0.2) is 47.8 Å². The van der Waals surface area contributed by atoms with Gasteiger partial charge >= 0.3 is 0 Å². The molecule has 3 heterocycles. The zero-order chi connectivity index (χ0) is 31.2. The van der Waals surface area contributed by atoms with Crippen molar-refractivity contribution in [1.29, 1.82) is 5.26 Å². The highest BCUT2D eigenvalue weighted by molar-refractivity contribution is 6.35. The third-order valence-electron chi connectivity index (χ3n) is 7.91. The number of halogens is 3. The van der Waals surface area contributed by atoms with Gasteiger partial charge in [0.2, 0.25) is 0 Å². The van der Waals surface area contributed by atoms with Gasteiger partial charge in [-0.15, -0.1) is 10.6 Å². The van der Waals surface area contributed by atoms with Gasteiger partial charge in [-0.2, -0.15) is 10.4 Å². The molecule has 1 aliphatic carbocycles. The van der Waals surface area contributed by atoms with Crippen molar-refractivity contribution in [2.75, 3.05) is 22.2 Å². The number of anilines is 3. The van der Waals surface area contributed by atoms with E-state index in [0.29, 0.717) is 57.9 Å². The summed E-state index contributed by atoms with van der Waals surface area (Å²) in [5, 5.41) is 32.2. The fourth-order valence-electron chi connectivity index (χ4n) is 5.29. The van der Waals surface area contributed by atoms with Crippen LogP contribution >= 0.6 is 11.6 Å². The Balaban J connectivity index is 1.46. The first-order valence-electron chi connectivity index (χ1n) is 14.2. The number of hydrogen-bond acceptors (Lipinski definition) is 10. The van der Waals surface area contributed by atoms with Crippen molar-refractivity contribution in [2.45, 2.75) is 58.5 Å². The monoisotopic (exact) mass is 619 g/mol. The maximum atomic E-state index is 14.0. The Bertz CT molecular complexity index is 1790. The lowest BCUT2D eigenvalue weighted by Gasteiger charge is -2.25. The zero-order valence-corrected chi connectivity index (χ0v) is 25.4. The Hall–Kier alpha value is -4.54. The molecule has 2 aromatic carbocycles. The van der Waals surface area contributed by atoms with Crippen LogP contribution in [-0.2, 0) is 5.54 Å². The van der Waals surface area contributed by atoms with Crippen LogP contribution < -0.4 is 26.7 Å². The van der Waals surface area contributed by atoms with Gasteiger partial charge in [-0.25, -0.2) is 24.0 Å². The first-order chi connectivity index (χ1) is 21.0. The average molecular weight is 620 g/mol. The minimum Gasteiger partial charge on any atom is -0.383 e. The van der Waals surface area contributed by atoms with Crippen LogP contribution in [0.4, 0.5) is 25.8 Å². The molecule has 2 aromatic heterocycles. The molecule has 0 unspecified atom stereocenters. The van der Waals surface area contributed by atoms with Gasteiger partial charge in [-0.1, -0.05) is 49.7 Å². The normalized spacial score (nSPS) is 16.2. The van der Waals surface area contributed by atoms with E-state index in [-0.39, 0.29) is 5.41 Å². The van der Waals surface area contributed by atoms with Crippen LogP contribution in [0.1, 0.15) is 62.0 Å². The molecule has 1 atom stereocenters. The minimum absolute atomic E-state index is 0.0526. The van der Waals surface area contributed by atoms with Crippen molar-refractivity contribution in [2.24, 2.45) is 10.5 Å². The summed E-state index contributed by atoms with van der Waals surface area (Å²) in [5.41, 5.74) is 9.50. The minimum atomic E-state index is -2.55. The summed E-state index contributed by atoms with van der Waals surface area (Å²) in [4.78, 5) is 4.47. The van der Waals surface area contributed by atoms with Gasteiger partial charge in [0.25, 0.3) is 6.43 Å². The number of nitrogens with zero attached hydrogens (tertiary/aromatic N) is 7. The number of pyridine rings is 1. The molecule has 0 radical (unpaired) electrons. The maximum Gasteiger partial charge on any atom is 0.263 e. The lowest BCUT2D eigenvalue weighted by Crippen LogP contribution is -2.37. The lowest BCUT2D eigenvalue weighted by molar-refractivity contribution is 0.0593. The molecule has 2 aliphatic rings. The summed E-state index contributed by atoms with van der Waals surface area (Å²) >= 11 is 6.78. The number of hydrogen-bond donors (Lipinski definition) is 4. The summed E-state index contributed by atoms with van der Waals surface area (Å²) in [7, 11) is 0. The van der Waals surface area contributed by atoms with Gasteiger partial charge < -0.3 is 10.6 Å². The molecule has 0 bridgehead atoms. The number of nitriles is 1. The number of nitrogens with one attached hydrogen (secondary N) is 4. The second-order valence-corrected chi connectivity index (χ2v) is 12.7. The molecule has 0 spiro atoms. The van der Waals surface area contributed by atoms with Gasteiger partial charge in [0, 0.05) is 23.8 Å². The maximum absolute atomic E-state index is 14.0. The number of rotatable bonds is 9. The summed E-state index contributed by atoms with van der Waals surface area (Å²) in [6, 6.07) is 11.1. The van der Waals surface area contributed by atoms with Crippen molar-refractivity contribution in [3.8, 4) is 6.07 Å². The van der Waals surface area contributed by atoms with E-state index in [0.717, 1.165) is 16.8 Å². The molecule has 14 heteroatoms. The number of alkyl halides is 2. The Labute approximate surface area is 258 Å². The van der Waals surface area contributed by atoms with Gasteiger partial charge in [0.1, 0.15) is 23.6 Å². The standard InChI is InChI=1S/C30H32ClF2N11/c1-17-20(6-5-7-24(17)43-16-37-40-42-43)27(23-14-44(41-39-23)30(8-9-30)28(32)33)38-19-10-21-25(36-15-29(2,3)4)18(12-34)13-35-26(21)22(31)11-19/h5-7,10-11,13-14,16,27-28,38,40,42H,8-9,15H2,1-4H3,(H,35,36)/t27-/m0/s1. The summed E-state index contributed by atoms with van der Waals surface area (Å²) in [6.45, 7) is 8.88. The van der Waals surface area contributed by atoms with E-state index in [2.05, 4.69) is 68.9 Å². The van der Waals surface area contributed by atoms with E-state index in [1.54, 1.807) is 23.6 Å². The Morgan fingerprint density at radius 1 is 1.23 bits per heavy atom. The van der Waals surface area contributed by atoms with Crippen LogP contribution in [0.25, 0.3) is 10.9 Å². The first kappa shape index (κ1) is 29.5. The van der Waals surface area contributed by atoms with Crippen molar-refractivity contribution in [3.63, 3.8) is 0 Å². The third kappa shape index (κ3) is 5.46. The molecule has 1 saturated carbocycles. The Morgan fingerprint density at radius 3 is 2.68 bits per heavy atom. The molecule has 4 N–H and O–H groups in total. The molecule has 228 valence electrons. The smallest absolute Gasteiger partial charge is 0.263 e. The topological polar surface area (TPSA) is 131 Å². The van der Waals surface area contributed by atoms with E-state index in [1.165, 1.54) is 10.9 Å². The van der Waals surface area contributed by atoms with E-state index < -0.39 is 18.0 Å². The molecular weight excluding hydrogens is 588 g/mol. The van der Waals surface area contributed by atoms with Crippen LogP contribution in [0.2, 0.25) is 5.02 Å². The van der Waals surface area contributed by atoms with E-state index in [4.69, 9.17) is 11.6 Å². The lowest BCUT2D eigenvalue weighted by atomic mass is 9.96. The van der Waals surface area contributed by atoms with Crippen molar-refractivity contribution in [1.82, 2.24) is 31.0 Å².